The Kier molecular flexibility index (Phi) is 6.69. The van der Waals surface area contributed by atoms with Gasteiger partial charge < -0.3 is 9.32 Å². The molecule has 2 aromatic heterocycles. The lowest BCUT2D eigenvalue weighted by atomic mass is 10.2. The number of benzene rings is 2. The first-order chi connectivity index (χ1) is 16.0. The first kappa shape index (κ1) is 22.5. The Bertz CT molecular complexity index is 1410. The van der Waals surface area contributed by atoms with Crippen LogP contribution < -0.4 is 11.1 Å². The molecule has 4 aromatic rings. The van der Waals surface area contributed by atoms with Gasteiger partial charge in [0.25, 0.3) is 11.1 Å². The van der Waals surface area contributed by atoms with E-state index in [0.717, 1.165) is 6.42 Å². The first-order valence-corrected chi connectivity index (χ1v) is 10.9. The van der Waals surface area contributed by atoms with Gasteiger partial charge in [0.05, 0.1) is 34.4 Å². The summed E-state index contributed by atoms with van der Waals surface area (Å²) >= 11 is 6.19. The van der Waals surface area contributed by atoms with Gasteiger partial charge in [-0.05, 0) is 30.7 Å². The number of nitrogens with one attached hydrogen (secondary N) is 1. The van der Waals surface area contributed by atoms with Crippen LogP contribution >= 0.6 is 11.6 Å². The minimum atomic E-state index is -0.374. The highest BCUT2D eigenvalue weighted by Crippen LogP contribution is 2.26. The summed E-state index contributed by atoms with van der Waals surface area (Å²) in [6, 6.07) is 13.7. The van der Waals surface area contributed by atoms with Gasteiger partial charge in [0, 0.05) is 13.0 Å². The largest absolute Gasteiger partial charge is 0.419 e. The number of halogens is 1. The number of carbonyl (C=O) groups excluding carboxylic acids is 1. The monoisotopic (exact) mass is 467 g/mol. The van der Waals surface area contributed by atoms with Crippen LogP contribution in [0, 0.1) is 0 Å². The zero-order valence-electron chi connectivity index (χ0n) is 18.0. The summed E-state index contributed by atoms with van der Waals surface area (Å²) < 4.78 is 6.90. The second kappa shape index (κ2) is 9.83. The molecule has 0 spiro atoms. The van der Waals surface area contributed by atoms with Crippen LogP contribution in [0.4, 0.5) is 0 Å². The molecule has 2 heterocycles. The number of hydrogen-bond acceptors (Lipinski definition) is 6. The van der Waals surface area contributed by atoms with Crippen LogP contribution in [0.25, 0.3) is 22.2 Å². The van der Waals surface area contributed by atoms with Crippen molar-refractivity contribution >= 4 is 28.3 Å². The molecular formula is C23H22ClN5O4. The zero-order chi connectivity index (χ0) is 23.4. The highest BCUT2D eigenvalue weighted by molar-refractivity contribution is 6.33. The lowest BCUT2D eigenvalue weighted by molar-refractivity contribution is -0.132. The fraction of sp³-hybridized carbons (Fsp3) is 0.261. The van der Waals surface area contributed by atoms with Gasteiger partial charge in [-0.2, -0.15) is 0 Å². The number of hydrogen-bond donors (Lipinski definition) is 1. The second-order valence-electron chi connectivity index (χ2n) is 7.49. The molecule has 1 N–H and O–H groups in total. The van der Waals surface area contributed by atoms with E-state index in [-0.39, 0.29) is 48.3 Å². The van der Waals surface area contributed by atoms with Crippen LogP contribution in [0.15, 0.2) is 62.5 Å². The van der Waals surface area contributed by atoms with E-state index in [1.165, 1.54) is 4.68 Å². The van der Waals surface area contributed by atoms with E-state index in [4.69, 9.17) is 16.0 Å². The maximum atomic E-state index is 12.9. The lowest BCUT2D eigenvalue weighted by Gasteiger charge is -2.20. The van der Waals surface area contributed by atoms with Crippen molar-refractivity contribution in [3.8, 4) is 11.5 Å². The molecule has 10 heteroatoms. The van der Waals surface area contributed by atoms with E-state index in [0.29, 0.717) is 27.9 Å². The summed E-state index contributed by atoms with van der Waals surface area (Å²) in [4.78, 5) is 39.4. The molecule has 4 rings (SSSR count). The van der Waals surface area contributed by atoms with E-state index < -0.39 is 0 Å². The average molecular weight is 468 g/mol. The quantitative estimate of drug-likeness (QED) is 0.425. The van der Waals surface area contributed by atoms with Crippen molar-refractivity contribution in [2.24, 2.45) is 0 Å². The number of carbonyl (C=O) groups is 1. The SMILES string of the molecule is CCCN(Cc1nnc(-c2ccccc2Cl)o1)C(=O)CCn1[nH]c(=O)c2ccccc2c1=O. The van der Waals surface area contributed by atoms with Crippen molar-refractivity contribution in [3.05, 3.63) is 80.2 Å². The fourth-order valence-corrected chi connectivity index (χ4v) is 3.77. The van der Waals surface area contributed by atoms with Gasteiger partial charge in [-0.1, -0.05) is 42.8 Å². The van der Waals surface area contributed by atoms with Gasteiger partial charge in [-0.3, -0.25) is 19.5 Å². The Balaban J connectivity index is 1.48. The van der Waals surface area contributed by atoms with Crippen molar-refractivity contribution in [1.82, 2.24) is 24.9 Å². The minimum Gasteiger partial charge on any atom is -0.419 e. The first-order valence-electron chi connectivity index (χ1n) is 10.5. The summed E-state index contributed by atoms with van der Waals surface area (Å²) in [6.07, 6.45) is 0.754. The van der Waals surface area contributed by atoms with Gasteiger partial charge in [-0.25, -0.2) is 4.68 Å². The summed E-state index contributed by atoms with van der Waals surface area (Å²) in [5.41, 5.74) is -0.103. The highest BCUT2D eigenvalue weighted by atomic mass is 35.5. The van der Waals surface area contributed by atoms with Crippen LogP contribution in [0.1, 0.15) is 25.7 Å². The molecule has 0 saturated heterocycles. The van der Waals surface area contributed by atoms with Gasteiger partial charge in [0.1, 0.15) is 0 Å². The third-order valence-corrected chi connectivity index (χ3v) is 5.51. The second-order valence-corrected chi connectivity index (χ2v) is 7.90. The number of fused-ring (bicyclic) bond motifs is 1. The molecule has 0 bridgehead atoms. The molecule has 0 atom stereocenters. The maximum Gasteiger partial charge on any atom is 0.273 e. The van der Waals surface area contributed by atoms with Gasteiger partial charge in [-0.15, -0.1) is 10.2 Å². The standard InChI is InChI=1S/C23H22ClN5O4/c1-2-12-28(14-19-25-26-22(33-19)17-9-5-6-10-18(17)24)20(30)11-13-29-23(32)16-8-4-3-7-15(16)21(31)27-29/h3-10H,2,11-14H2,1H3,(H,27,31). The average Bonchev–Trinajstić information content (AvgIpc) is 3.28. The Hall–Kier alpha value is -3.72. The molecule has 0 radical (unpaired) electrons. The van der Waals surface area contributed by atoms with Gasteiger partial charge in [0.15, 0.2) is 0 Å². The molecule has 0 aliphatic rings. The molecule has 2 aromatic carbocycles. The molecule has 0 aliphatic carbocycles. The van der Waals surface area contributed by atoms with Crippen molar-refractivity contribution in [2.45, 2.75) is 32.9 Å². The summed E-state index contributed by atoms with van der Waals surface area (Å²) in [5.74, 6) is 0.359. The molecule has 0 unspecified atom stereocenters. The minimum absolute atomic E-state index is 0.0275. The number of amides is 1. The summed E-state index contributed by atoms with van der Waals surface area (Å²) in [6.45, 7) is 2.61. The van der Waals surface area contributed by atoms with Crippen molar-refractivity contribution < 1.29 is 9.21 Å². The number of H-pyrrole nitrogens is 1. The van der Waals surface area contributed by atoms with Gasteiger partial charge >= 0.3 is 0 Å². The van der Waals surface area contributed by atoms with Crippen LogP contribution in [-0.4, -0.2) is 37.3 Å². The van der Waals surface area contributed by atoms with Crippen molar-refractivity contribution in [1.29, 1.82) is 0 Å². The Morgan fingerprint density at radius 1 is 1.09 bits per heavy atom. The zero-order valence-corrected chi connectivity index (χ0v) is 18.7. The Labute approximate surface area is 193 Å². The lowest BCUT2D eigenvalue weighted by Crippen LogP contribution is -2.35. The maximum absolute atomic E-state index is 12.9. The third kappa shape index (κ3) is 4.88. The van der Waals surface area contributed by atoms with Gasteiger partial charge in [0.2, 0.25) is 17.7 Å². The van der Waals surface area contributed by atoms with E-state index in [9.17, 15) is 14.4 Å². The topological polar surface area (TPSA) is 114 Å². The van der Waals surface area contributed by atoms with Crippen molar-refractivity contribution in [3.63, 3.8) is 0 Å². The van der Waals surface area contributed by atoms with E-state index in [1.54, 1.807) is 47.4 Å². The summed E-state index contributed by atoms with van der Waals surface area (Å²) in [7, 11) is 0. The summed E-state index contributed by atoms with van der Waals surface area (Å²) in [5, 5.41) is 11.8. The smallest absolute Gasteiger partial charge is 0.273 e. The molecular weight excluding hydrogens is 446 g/mol. The van der Waals surface area contributed by atoms with Crippen LogP contribution in [-0.2, 0) is 17.9 Å². The predicted octanol–water partition coefficient (Wildman–Crippen LogP) is 3.22. The molecule has 0 saturated carbocycles. The van der Waals surface area contributed by atoms with Crippen molar-refractivity contribution in [2.75, 3.05) is 6.54 Å². The molecule has 1 amide bonds. The number of nitrogens with zero attached hydrogens (tertiary/aromatic N) is 4. The predicted molar refractivity (Wildman–Crippen MR) is 124 cm³/mol. The van der Waals surface area contributed by atoms with E-state index >= 15 is 0 Å². The number of aryl methyl sites for hydroxylation is 1. The van der Waals surface area contributed by atoms with Crippen LogP contribution in [0.2, 0.25) is 5.02 Å². The Morgan fingerprint density at radius 3 is 2.58 bits per heavy atom. The fourth-order valence-electron chi connectivity index (χ4n) is 3.56. The molecule has 9 nitrogen and oxygen atoms in total. The normalized spacial score (nSPS) is 11.1. The Morgan fingerprint density at radius 2 is 1.82 bits per heavy atom. The van der Waals surface area contributed by atoms with E-state index in [2.05, 4.69) is 15.3 Å². The molecule has 170 valence electrons. The number of aromatic amines is 1. The van der Waals surface area contributed by atoms with Crippen LogP contribution in [0.3, 0.4) is 0 Å². The number of rotatable bonds is 8. The number of aromatic nitrogens is 4. The molecule has 33 heavy (non-hydrogen) atoms. The highest BCUT2D eigenvalue weighted by Gasteiger charge is 2.19. The molecule has 0 fully saturated rings. The molecule has 0 aliphatic heterocycles. The third-order valence-electron chi connectivity index (χ3n) is 5.18. The van der Waals surface area contributed by atoms with Crippen LogP contribution in [0.5, 0.6) is 0 Å². The van der Waals surface area contributed by atoms with E-state index in [1.807, 2.05) is 13.0 Å².